The molecule has 5 nitrogen and oxygen atoms in total. The van der Waals surface area contributed by atoms with Crippen LogP contribution in [0.3, 0.4) is 0 Å². The molecule has 0 radical (unpaired) electrons. The maximum atomic E-state index is 8.76. The first-order chi connectivity index (χ1) is 9.85. The van der Waals surface area contributed by atoms with Gasteiger partial charge in [-0.2, -0.15) is 5.26 Å². The van der Waals surface area contributed by atoms with Crippen molar-refractivity contribution in [1.82, 2.24) is 20.0 Å². The minimum atomic E-state index is 0.624. The minimum absolute atomic E-state index is 0.624. The zero-order valence-electron chi connectivity index (χ0n) is 10.6. The van der Waals surface area contributed by atoms with Crippen molar-refractivity contribution in [3.63, 3.8) is 0 Å². The van der Waals surface area contributed by atoms with Crippen molar-refractivity contribution in [3.05, 3.63) is 66.1 Å². The van der Waals surface area contributed by atoms with Gasteiger partial charge in [0, 0.05) is 18.0 Å². The van der Waals surface area contributed by atoms with Crippen LogP contribution in [0.4, 0.5) is 0 Å². The molecule has 2 aromatic heterocycles. The molecule has 0 spiro atoms. The molecule has 0 aliphatic rings. The molecule has 0 saturated heterocycles. The predicted octanol–water partition coefficient (Wildman–Crippen LogP) is 2.26. The van der Waals surface area contributed by atoms with E-state index in [0.29, 0.717) is 12.1 Å². The Hall–Kier alpha value is -3.00. The lowest BCUT2D eigenvalue weighted by molar-refractivity contribution is 0.650. The Bertz CT molecular complexity index is 738. The molecule has 0 amide bonds. The van der Waals surface area contributed by atoms with Gasteiger partial charge in [-0.15, -0.1) is 5.10 Å². The maximum absolute atomic E-state index is 8.76. The third kappa shape index (κ3) is 2.54. The Kier molecular flexibility index (Phi) is 3.21. The summed E-state index contributed by atoms with van der Waals surface area (Å²) in [6.45, 7) is 0.624. The van der Waals surface area contributed by atoms with Gasteiger partial charge in [0.25, 0.3) is 0 Å². The monoisotopic (exact) mass is 261 g/mol. The van der Waals surface area contributed by atoms with Crippen LogP contribution in [0.2, 0.25) is 0 Å². The molecule has 5 heteroatoms. The van der Waals surface area contributed by atoms with E-state index in [9.17, 15) is 0 Å². The summed E-state index contributed by atoms with van der Waals surface area (Å²) in [6.07, 6.45) is 5.37. The number of pyridine rings is 1. The normalized spacial score (nSPS) is 10.2. The fourth-order valence-electron chi connectivity index (χ4n) is 1.89. The second-order valence-corrected chi connectivity index (χ2v) is 4.35. The van der Waals surface area contributed by atoms with Crippen LogP contribution in [0.15, 0.2) is 55.0 Å². The molecule has 0 atom stereocenters. The van der Waals surface area contributed by atoms with Crippen LogP contribution >= 0.6 is 0 Å². The SMILES string of the molecule is N#Cc1ccc(Cn2cc(-c3cccnc3)nn2)cc1. The Labute approximate surface area is 116 Å². The number of hydrogen-bond acceptors (Lipinski definition) is 4. The highest BCUT2D eigenvalue weighted by Gasteiger charge is 2.04. The third-order valence-electron chi connectivity index (χ3n) is 2.92. The summed E-state index contributed by atoms with van der Waals surface area (Å²) >= 11 is 0. The van der Waals surface area contributed by atoms with Gasteiger partial charge in [-0.05, 0) is 29.8 Å². The lowest BCUT2D eigenvalue weighted by atomic mass is 10.1. The second-order valence-electron chi connectivity index (χ2n) is 4.35. The molecule has 0 bridgehead atoms. The molecule has 3 rings (SSSR count). The minimum Gasteiger partial charge on any atom is -0.264 e. The summed E-state index contributed by atoms with van der Waals surface area (Å²) in [6, 6.07) is 13.4. The molecule has 0 saturated carbocycles. The smallest absolute Gasteiger partial charge is 0.114 e. The summed E-state index contributed by atoms with van der Waals surface area (Å²) in [5.74, 6) is 0. The van der Waals surface area contributed by atoms with Crippen LogP contribution in [0.5, 0.6) is 0 Å². The van der Waals surface area contributed by atoms with Gasteiger partial charge in [0.05, 0.1) is 24.4 Å². The molecular weight excluding hydrogens is 250 g/mol. The van der Waals surface area contributed by atoms with Gasteiger partial charge < -0.3 is 0 Å². The zero-order valence-corrected chi connectivity index (χ0v) is 10.6. The van der Waals surface area contributed by atoms with Gasteiger partial charge in [-0.3, -0.25) is 4.98 Å². The molecule has 96 valence electrons. The molecule has 1 aromatic carbocycles. The van der Waals surface area contributed by atoms with Gasteiger partial charge in [0.1, 0.15) is 5.69 Å². The number of rotatable bonds is 3. The highest BCUT2D eigenvalue weighted by Crippen LogP contribution is 2.14. The van der Waals surface area contributed by atoms with E-state index in [-0.39, 0.29) is 0 Å². The highest BCUT2D eigenvalue weighted by atomic mass is 15.4. The Morgan fingerprint density at radius 3 is 2.70 bits per heavy atom. The molecule has 0 aliphatic carbocycles. The van der Waals surface area contributed by atoms with E-state index < -0.39 is 0 Å². The summed E-state index contributed by atoms with van der Waals surface area (Å²) < 4.78 is 1.77. The van der Waals surface area contributed by atoms with E-state index in [0.717, 1.165) is 16.8 Å². The number of nitrogens with zero attached hydrogens (tertiary/aromatic N) is 5. The van der Waals surface area contributed by atoms with Crippen molar-refractivity contribution in [2.75, 3.05) is 0 Å². The van der Waals surface area contributed by atoms with Gasteiger partial charge in [0.15, 0.2) is 0 Å². The molecule has 0 N–H and O–H groups in total. The van der Waals surface area contributed by atoms with Crippen molar-refractivity contribution < 1.29 is 0 Å². The molecule has 0 unspecified atom stereocenters. The van der Waals surface area contributed by atoms with E-state index in [1.54, 1.807) is 29.2 Å². The molecule has 20 heavy (non-hydrogen) atoms. The lowest BCUT2D eigenvalue weighted by Gasteiger charge is -2.00. The number of aromatic nitrogens is 4. The van der Waals surface area contributed by atoms with Gasteiger partial charge in [-0.1, -0.05) is 17.3 Å². The molecule has 0 fully saturated rings. The number of nitriles is 1. The van der Waals surface area contributed by atoms with Crippen LogP contribution in [-0.4, -0.2) is 20.0 Å². The summed E-state index contributed by atoms with van der Waals surface area (Å²) in [5.41, 5.74) is 3.47. The molecule has 3 aromatic rings. The van der Waals surface area contributed by atoms with Crippen molar-refractivity contribution in [1.29, 1.82) is 5.26 Å². The van der Waals surface area contributed by atoms with Crippen LogP contribution < -0.4 is 0 Å². The van der Waals surface area contributed by atoms with Crippen molar-refractivity contribution in [2.45, 2.75) is 6.54 Å². The standard InChI is InChI=1S/C15H11N5/c16-8-12-3-5-13(6-4-12)10-20-11-15(18-19-20)14-2-1-7-17-9-14/h1-7,9,11H,10H2. The largest absolute Gasteiger partial charge is 0.264 e. The van der Waals surface area contributed by atoms with E-state index in [1.165, 1.54) is 0 Å². The number of benzene rings is 1. The predicted molar refractivity (Wildman–Crippen MR) is 73.5 cm³/mol. The van der Waals surface area contributed by atoms with E-state index >= 15 is 0 Å². The summed E-state index contributed by atoms with van der Waals surface area (Å²) in [5, 5.41) is 17.0. The van der Waals surface area contributed by atoms with E-state index in [1.807, 2.05) is 30.5 Å². The molecular formula is C15H11N5. The third-order valence-corrected chi connectivity index (χ3v) is 2.92. The molecule has 0 aliphatic heterocycles. The van der Waals surface area contributed by atoms with Crippen molar-refractivity contribution >= 4 is 0 Å². The van der Waals surface area contributed by atoms with Gasteiger partial charge in [-0.25, -0.2) is 4.68 Å². The second kappa shape index (κ2) is 5.33. The van der Waals surface area contributed by atoms with E-state index in [4.69, 9.17) is 5.26 Å². The fourth-order valence-corrected chi connectivity index (χ4v) is 1.89. The Morgan fingerprint density at radius 2 is 2.00 bits per heavy atom. The first-order valence-corrected chi connectivity index (χ1v) is 6.15. The molecule has 2 heterocycles. The van der Waals surface area contributed by atoms with Crippen molar-refractivity contribution in [2.24, 2.45) is 0 Å². The average molecular weight is 261 g/mol. The van der Waals surface area contributed by atoms with Crippen molar-refractivity contribution in [3.8, 4) is 17.3 Å². The van der Waals surface area contributed by atoms with Crippen LogP contribution in [-0.2, 0) is 6.54 Å². The quantitative estimate of drug-likeness (QED) is 0.725. The van der Waals surface area contributed by atoms with Gasteiger partial charge in [0.2, 0.25) is 0 Å². The zero-order chi connectivity index (χ0) is 13.8. The Morgan fingerprint density at radius 1 is 1.15 bits per heavy atom. The summed E-state index contributed by atoms with van der Waals surface area (Å²) in [4.78, 5) is 4.07. The van der Waals surface area contributed by atoms with Crippen LogP contribution in [0.1, 0.15) is 11.1 Å². The van der Waals surface area contributed by atoms with Crippen LogP contribution in [0.25, 0.3) is 11.3 Å². The topological polar surface area (TPSA) is 67.4 Å². The first-order valence-electron chi connectivity index (χ1n) is 6.15. The van der Waals surface area contributed by atoms with Gasteiger partial charge >= 0.3 is 0 Å². The Balaban J connectivity index is 1.79. The van der Waals surface area contributed by atoms with Crippen LogP contribution in [0, 0.1) is 11.3 Å². The number of hydrogen-bond donors (Lipinski definition) is 0. The average Bonchev–Trinajstić information content (AvgIpc) is 2.97. The highest BCUT2D eigenvalue weighted by molar-refractivity contribution is 5.55. The first kappa shape index (κ1) is 12.1. The fraction of sp³-hybridized carbons (Fsp3) is 0.0667. The summed E-state index contributed by atoms with van der Waals surface area (Å²) in [7, 11) is 0. The lowest BCUT2D eigenvalue weighted by Crippen LogP contribution is -2.00. The maximum Gasteiger partial charge on any atom is 0.114 e. The van der Waals surface area contributed by atoms with E-state index in [2.05, 4.69) is 21.4 Å².